The van der Waals surface area contributed by atoms with Crippen LogP contribution in [0.15, 0.2) is 24.3 Å². The van der Waals surface area contributed by atoms with E-state index in [9.17, 15) is 9.59 Å². The van der Waals surface area contributed by atoms with Gasteiger partial charge in [-0.05, 0) is 92.2 Å². The molecule has 44 heavy (non-hydrogen) atoms. The molecule has 0 atom stereocenters. The number of piperidine rings is 2. The fourth-order valence-corrected chi connectivity index (χ4v) is 7.08. The van der Waals surface area contributed by atoms with Crippen LogP contribution in [0.4, 0.5) is 0 Å². The van der Waals surface area contributed by atoms with Crippen LogP contribution in [0.1, 0.15) is 105 Å². The second kappa shape index (κ2) is 15.0. The summed E-state index contributed by atoms with van der Waals surface area (Å²) in [5.74, 6) is -0.546. The summed E-state index contributed by atoms with van der Waals surface area (Å²) in [6.07, 6.45) is 3.92. The van der Waals surface area contributed by atoms with Gasteiger partial charge >= 0.3 is 11.9 Å². The van der Waals surface area contributed by atoms with Crippen LogP contribution in [0.25, 0.3) is 0 Å². The van der Waals surface area contributed by atoms with Gasteiger partial charge in [-0.2, -0.15) is 10.1 Å². The Balaban J connectivity index is 1.48. The maximum Gasteiger partial charge on any atom is 0.307 e. The fraction of sp³-hybridized carbons (Fsp3) is 0.765. The van der Waals surface area contributed by atoms with Crippen LogP contribution in [-0.2, 0) is 51.4 Å². The number of carbonyl (C=O) groups is 2. The molecule has 0 unspecified atom stereocenters. The number of hydroxylamine groups is 4. The van der Waals surface area contributed by atoms with Crippen LogP contribution < -0.4 is 0 Å². The summed E-state index contributed by atoms with van der Waals surface area (Å²) in [4.78, 5) is 35.2. The average Bonchev–Trinajstić information content (AvgIpc) is 2.92. The maximum atomic E-state index is 11.5. The average molecular weight is 621 g/mol. The van der Waals surface area contributed by atoms with E-state index in [1.807, 2.05) is 10.1 Å². The number of carbonyl (C=O) groups excluding carboxylic acids is 2. The lowest BCUT2D eigenvalue weighted by Crippen LogP contribution is -2.62. The fourth-order valence-electron chi connectivity index (χ4n) is 7.08. The molecule has 2 aliphatic heterocycles. The molecule has 0 amide bonds. The Morgan fingerprint density at radius 1 is 0.614 bits per heavy atom. The number of ether oxygens (including phenoxy) is 4. The van der Waals surface area contributed by atoms with E-state index < -0.39 is 0 Å². The Labute approximate surface area is 264 Å². The molecule has 2 fully saturated rings. The third kappa shape index (κ3) is 9.96. The Kier molecular flexibility index (Phi) is 12.4. The zero-order chi connectivity index (χ0) is 32.8. The van der Waals surface area contributed by atoms with Crippen molar-refractivity contribution in [2.45, 2.75) is 141 Å². The zero-order valence-electron chi connectivity index (χ0n) is 28.7. The molecule has 0 saturated carbocycles. The summed E-state index contributed by atoms with van der Waals surface area (Å²) in [7, 11) is 2.78. The van der Waals surface area contributed by atoms with Crippen LogP contribution in [-0.4, -0.2) is 83.9 Å². The van der Waals surface area contributed by atoms with Crippen molar-refractivity contribution in [2.75, 3.05) is 27.4 Å². The van der Waals surface area contributed by atoms with E-state index in [2.05, 4.69) is 79.7 Å². The highest BCUT2D eigenvalue weighted by molar-refractivity contribution is 5.69. The first kappa shape index (κ1) is 36.4. The van der Waals surface area contributed by atoms with Gasteiger partial charge in [0.1, 0.15) is 0 Å². The first-order valence-electron chi connectivity index (χ1n) is 15.8. The molecule has 1 aromatic rings. The third-order valence-corrected chi connectivity index (χ3v) is 8.61. The van der Waals surface area contributed by atoms with Gasteiger partial charge in [-0.3, -0.25) is 19.3 Å². The summed E-state index contributed by atoms with van der Waals surface area (Å²) in [6.45, 7) is 18.9. The van der Waals surface area contributed by atoms with Crippen molar-refractivity contribution < 1.29 is 38.2 Å². The highest BCUT2D eigenvalue weighted by Gasteiger charge is 2.48. The van der Waals surface area contributed by atoms with Crippen molar-refractivity contribution in [3.8, 4) is 0 Å². The topological polar surface area (TPSA) is 96.0 Å². The SMILES string of the molecule is COC(=O)CCON1C(C)(C)CC(OCc2ccc(COC3CC(C)(C)N(OCCC(=O)OC)C(C)(C)C3)cc2)CC1(C)C. The van der Waals surface area contributed by atoms with Crippen LogP contribution in [0.5, 0.6) is 0 Å². The summed E-state index contributed by atoms with van der Waals surface area (Å²) in [6, 6.07) is 8.47. The maximum absolute atomic E-state index is 11.5. The first-order chi connectivity index (χ1) is 20.5. The normalized spacial score (nSPS) is 22.0. The van der Waals surface area contributed by atoms with Crippen LogP contribution in [0.3, 0.4) is 0 Å². The van der Waals surface area contributed by atoms with Crippen LogP contribution in [0, 0.1) is 0 Å². The van der Waals surface area contributed by atoms with Crippen molar-refractivity contribution in [3.63, 3.8) is 0 Å². The van der Waals surface area contributed by atoms with E-state index in [1.54, 1.807) is 0 Å². The predicted molar refractivity (Wildman–Crippen MR) is 167 cm³/mol. The number of nitrogens with zero attached hydrogens (tertiary/aromatic N) is 2. The first-order valence-corrected chi connectivity index (χ1v) is 15.8. The third-order valence-electron chi connectivity index (χ3n) is 8.61. The zero-order valence-corrected chi connectivity index (χ0v) is 28.7. The molecule has 250 valence electrons. The number of rotatable bonds is 14. The lowest BCUT2D eigenvalue weighted by molar-refractivity contribution is -0.295. The molecule has 0 spiro atoms. The van der Waals surface area contributed by atoms with E-state index >= 15 is 0 Å². The van der Waals surface area contributed by atoms with E-state index in [-0.39, 0.29) is 59.1 Å². The Morgan fingerprint density at radius 3 is 1.18 bits per heavy atom. The van der Waals surface area contributed by atoms with Gasteiger partial charge in [-0.25, -0.2) is 0 Å². The van der Waals surface area contributed by atoms with Gasteiger partial charge in [0.05, 0.1) is 65.7 Å². The molecule has 0 N–H and O–H groups in total. The minimum atomic E-state index is -0.273. The summed E-state index contributed by atoms with van der Waals surface area (Å²) in [5.41, 5.74) is 1.24. The quantitative estimate of drug-likeness (QED) is 0.239. The van der Waals surface area contributed by atoms with Crippen LogP contribution >= 0.6 is 0 Å². The second-order valence-corrected chi connectivity index (χ2v) is 14.7. The van der Waals surface area contributed by atoms with E-state index in [0.717, 1.165) is 36.8 Å². The van der Waals surface area contributed by atoms with Gasteiger partial charge in [0.2, 0.25) is 0 Å². The van der Waals surface area contributed by atoms with Crippen molar-refractivity contribution >= 4 is 11.9 Å². The molecular formula is C34H56N2O8. The molecule has 2 saturated heterocycles. The molecule has 10 heteroatoms. The summed E-state index contributed by atoms with van der Waals surface area (Å²) in [5, 5.41) is 4.06. The minimum Gasteiger partial charge on any atom is -0.469 e. The minimum absolute atomic E-state index is 0.0884. The molecular weight excluding hydrogens is 564 g/mol. The summed E-state index contributed by atoms with van der Waals surface area (Å²) < 4.78 is 22.3. The van der Waals surface area contributed by atoms with Crippen molar-refractivity contribution in [3.05, 3.63) is 35.4 Å². The van der Waals surface area contributed by atoms with Gasteiger partial charge in [0.15, 0.2) is 0 Å². The highest BCUT2D eigenvalue weighted by Crippen LogP contribution is 2.41. The molecule has 0 bridgehead atoms. The number of hydrogen-bond acceptors (Lipinski definition) is 10. The Bertz CT molecular complexity index is 964. The lowest BCUT2D eigenvalue weighted by Gasteiger charge is -2.53. The molecule has 0 aliphatic carbocycles. The van der Waals surface area contributed by atoms with E-state index in [1.165, 1.54) is 14.2 Å². The Hall–Kier alpha value is -2.08. The summed E-state index contributed by atoms with van der Waals surface area (Å²) >= 11 is 0. The standard InChI is InChI=1S/C34H56N2O8/c1-31(2)19-27(20-32(3,4)35(31)43-17-15-29(37)39-9)41-23-25-11-13-26(14-12-25)24-42-28-21-33(5,6)36(34(7,8)22-28)44-18-16-30(38)40-10/h11-14,27-28H,15-24H2,1-10H3. The molecule has 0 aromatic heterocycles. The number of benzene rings is 1. The molecule has 0 radical (unpaired) electrons. The van der Waals surface area contributed by atoms with Gasteiger partial charge in [-0.1, -0.05) is 24.3 Å². The molecule has 10 nitrogen and oxygen atoms in total. The van der Waals surface area contributed by atoms with Crippen molar-refractivity contribution in [1.82, 2.24) is 10.1 Å². The van der Waals surface area contributed by atoms with Crippen molar-refractivity contribution in [1.29, 1.82) is 0 Å². The van der Waals surface area contributed by atoms with E-state index in [0.29, 0.717) is 26.4 Å². The number of methoxy groups -OCH3 is 2. The smallest absolute Gasteiger partial charge is 0.307 e. The molecule has 2 heterocycles. The lowest BCUT2D eigenvalue weighted by atomic mass is 9.80. The van der Waals surface area contributed by atoms with Gasteiger partial charge in [-0.15, -0.1) is 0 Å². The largest absolute Gasteiger partial charge is 0.469 e. The Morgan fingerprint density at radius 2 is 0.909 bits per heavy atom. The number of hydrogen-bond donors (Lipinski definition) is 0. The molecule has 3 rings (SSSR count). The van der Waals surface area contributed by atoms with Crippen LogP contribution in [0.2, 0.25) is 0 Å². The van der Waals surface area contributed by atoms with Gasteiger partial charge in [0, 0.05) is 22.2 Å². The molecule has 2 aliphatic rings. The highest BCUT2D eigenvalue weighted by atomic mass is 16.7. The van der Waals surface area contributed by atoms with Crippen molar-refractivity contribution in [2.24, 2.45) is 0 Å². The van der Waals surface area contributed by atoms with E-state index in [4.69, 9.17) is 28.6 Å². The second-order valence-electron chi connectivity index (χ2n) is 14.7. The monoisotopic (exact) mass is 620 g/mol. The van der Waals surface area contributed by atoms with Gasteiger partial charge in [0.25, 0.3) is 0 Å². The number of esters is 2. The predicted octanol–water partition coefficient (Wildman–Crippen LogP) is 5.75. The van der Waals surface area contributed by atoms with Gasteiger partial charge < -0.3 is 18.9 Å². The molecule has 1 aromatic carbocycles.